The molecule has 25 heavy (non-hydrogen) atoms. The lowest BCUT2D eigenvalue weighted by Crippen LogP contribution is -2.20. The summed E-state index contributed by atoms with van der Waals surface area (Å²) in [6.45, 7) is 1.06. The highest BCUT2D eigenvalue weighted by Gasteiger charge is 2.06. The van der Waals surface area contributed by atoms with Crippen LogP contribution in [0, 0.1) is 0 Å². The number of carbonyl (C=O) groups is 3. The first kappa shape index (κ1) is 18.4. The Morgan fingerprint density at radius 2 is 1.68 bits per heavy atom. The summed E-state index contributed by atoms with van der Waals surface area (Å²) in [5.74, 6) is -1.15. The monoisotopic (exact) mass is 357 g/mol. The zero-order valence-electron chi connectivity index (χ0n) is 13.5. The van der Waals surface area contributed by atoms with Crippen molar-refractivity contribution in [1.82, 2.24) is 0 Å². The number of halogens is 1. The van der Waals surface area contributed by atoms with Crippen molar-refractivity contribution in [2.45, 2.75) is 6.92 Å². The maximum absolute atomic E-state index is 11.8. The normalized spacial score (nSPS) is 10.5. The number of ether oxygens (including phenoxy) is 1. The van der Waals surface area contributed by atoms with E-state index in [1.54, 1.807) is 54.6 Å². The molecule has 0 saturated heterocycles. The van der Waals surface area contributed by atoms with Crippen molar-refractivity contribution in [2.75, 3.05) is 11.9 Å². The second-order valence-corrected chi connectivity index (χ2v) is 5.61. The van der Waals surface area contributed by atoms with Gasteiger partial charge in [0.15, 0.2) is 12.4 Å². The van der Waals surface area contributed by atoms with E-state index in [0.29, 0.717) is 16.3 Å². The van der Waals surface area contributed by atoms with Gasteiger partial charge in [-0.1, -0.05) is 23.7 Å². The first-order valence-electron chi connectivity index (χ1n) is 7.45. The van der Waals surface area contributed by atoms with Gasteiger partial charge in [0.25, 0.3) is 5.91 Å². The standard InChI is InChI=1S/C19H16ClNO4/c1-13(22)15-5-9-17(10-6-15)21-18(23)12-25-19(24)11-4-14-2-7-16(20)8-3-14/h2-11H,12H2,1H3,(H,21,23)/b11-4+. The molecule has 0 bridgehead atoms. The van der Waals surface area contributed by atoms with Crippen molar-refractivity contribution in [1.29, 1.82) is 0 Å². The number of anilines is 1. The highest BCUT2D eigenvalue weighted by molar-refractivity contribution is 6.30. The van der Waals surface area contributed by atoms with Crippen LogP contribution >= 0.6 is 11.6 Å². The molecule has 2 rings (SSSR count). The lowest BCUT2D eigenvalue weighted by atomic mass is 10.1. The van der Waals surface area contributed by atoms with Gasteiger partial charge in [0.05, 0.1) is 0 Å². The molecule has 0 aliphatic heterocycles. The number of benzene rings is 2. The summed E-state index contributed by atoms with van der Waals surface area (Å²) in [4.78, 5) is 34.5. The summed E-state index contributed by atoms with van der Waals surface area (Å²) in [5, 5.41) is 3.18. The van der Waals surface area contributed by atoms with Crippen molar-refractivity contribution in [2.24, 2.45) is 0 Å². The number of hydrogen-bond donors (Lipinski definition) is 1. The number of esters is 1. The van der Waals surface area contributed by atoms with Gasteiger partial charge < -0.3 is 10.1 Å². The molecule has 2 aromatic rings. The van der Waals surface area contributed by atoms with Gasteiger partial charge in [0, 0.05) is 22.3 Å². The summed E-state index contributed by atoms with van der Waals surface area (Å²) in [5.41, 5.74) is 1.86. The fraction of sp³-hybridized carbons (Fsp3) is 0.105. The molecule has 0 unspecified atom stereocenters. The SMILES string of the molecule is CC(=O)c1ccc(NC(=O)COC(=O)/C=C/c2ccc(Cl)cc2)cc1. The van der Waals surface area contributed by atoms with Crippen LogP contribution in [0.4, 0.5) is 5.69 Å². The van der Waals surface area contributed by atoms with E-state index in [4.69, 9.17) is 16.3 Å². The summed E-state index contributed by atoms with van der Waals surface area (Å²) in [7, 11) is 0. The molecule has 6 heteroatoms. The fourth-order valence-corrected chi connectivity index (χ4v) is 2.03. The molecule has 128 valence electrons. The van der Waals surface area contributed by atoms with Crippen molar-refractivity contribution in [3.05, 3.63) is 70.8 Å². The van der Waals surface area contributed by atoms with E-state index in [0.717, 1.165) is 5.56 Å². The van der Waals surface area contributed by atoms with Gasteiger partial charge in [0.1, 0.15) is 0 Å². The van der Waals surface area contributed by atoms with E-state index in [2.05, 4.69) is 5.32 Å². The summed E-state index contributed by atoms with van der Waals surface area (Å²) in [6.07, 6.45) is 2.80. The van der Waals surface area contributed by atoms with Crippen LogP contribution in [0.5, 0.6) is 0 Å². The molecule has 0 aliphatic rings. The van der Waals surface area contributed by atoms with E-state index in [1.165, 1.54) is 13.0 Å². The van der Waals surface area contributed by atoms with Crippen LogP contribution in [-0.2, 0) is 14.3 Å². The number of rotatable bonds is 6. The number of ketones is 1. The number of hydrogen-bond acceptors (Lipinski definition) is 4. The Bertz CT molecular complexity index is 795. The van der Waals surface area contributed by atoms with E-state index in [9.17, 15) is 14.4 Å². The van der Waals surface area contributed by atoms with Gasteiger partial charge >= 0.3 is 5.97 Å². The molecule has 0 atom stereocenters. The molecular formula is C19H16ClNO4. The third kappa shape index (κ3) is 6.24. The van der Waals surface area contributed by atoms with Gasteiger partial charge in [-0.05, 0) is 55.0 Å². The maximum atomic E-state index is 11.8. The Kier molecular flexibility index (Phi) is 6.48. The van der Waals surface area contributed by atoms with Crippen LogP contribution < -0.4 is 5.32 Å². The molecule has 0 radical (unpaired) electrons. The lowest BCUT2D eigenvalue weighted by molar-refractivity contribution is -0.142. The van der Waals surface area contributed by atoms with Crippen LogP contribution in [0.15, 0.2) is 54.6 Å². The first-order valence-corrected chi connectivity index (χ1v) is 7.83. The van der Waals surface area contributed by atoms with Gasteiger partial charge in [-0.3, -0.25) is 9.59 Å². The average Bonchev–Trinajstić information content (AvgIpc) is 2.60. The largest absolute Gasteiger partial charge is 0.452 e. The van der Waals surface area contributed by atoms with Crippen LogP contribution in [0.3, 0.4) is 0 Å². The summed E-state index contributed by atoms with van der Waals surface area (Å²) in [6, 6.07) is 13.4. The Balaban J connectivity index is 1.79. The summed E-state index contributed by atoms with van der Waals surface area (Å²) < 4.78 is 4.87. The van der Waals surface area contributed by atoms with Crippen molar-refractivity contribution < 1.29 is 19.1 Å². The molecule has 0 aliphatic carbocycles. The maximum Gasteiger partial charge on any atom is 0.331 e. The highest BCUT2D eigenvalue weighted by Crippen LogP contribution is 2.11. The number of carbonyl (C=O) groups excluding carboxylic acids is 3. The number of Topliss-reactive ketones (excluding diaryl/α,β-unsaturated/α-hetero) is 1. The highest BCUT2D eigenvalue weighted by atomic mass is 35.5. The molecule has 0 spiro atoms. The number of nitrogens with one attached hydrogen (secondary N) is 1. The van der Waals surface area contributed by atoms with Gasteiger partial charge in [-0.2, -0.15) is 0 Å². The van der Waals surface area contributed by atoms with Gasteiger partial charge in [-0.15, -0.1) is 0 Å². The Morgan fingerprint density at radius 1 is 1.04 bits per heavy atom. The molecule has 0 heterocycles. The molecule has 0 aromatic heterocycles. The molecular weight excluding hydrogens is 342 g/mol. The van der Waals surface area contributed by atoms with E-state index >= 15 is 0 Å². The minimum atomic E-state index is -0.628. The predicted octanol–water partition coefficient (Wildman–Crippen LogP) is 3.74. The van der Waals surface area contributed by atoms with Gasteiger partial charge in [0.2, 0.25) is 0 Å². The minimum absolute atomic E-state index is 0.0562. The third-order valence-electron chi connectivity index (χ3n) is 3.20. The molecule has 5 nitrogen and oxygen atoms in total. The van der Waals surface area contributed by atoms with Crippen LogP contribution in [0.1, 0.15) is 22.8 Å². The third-order valence-corrected chi connectivity index (χ3v) is 3.45. The molecule has 1 amide bonds. The zero-order chi connectivity index (χ0) is 18.2. The van der Waals surface area contributed by atoms with E-state index < -0.39 is 18.5 Å². The molecule has 0 fully saturated rings. The van der Waals surface area contributed by atoms with Crippen LogP contribution in [0.2, 0.25) is 5.02 Å². The zero-order valence-corrected chi connectivity index (χ0v) is 14.2. The Morgan fingerprint density at radius 3 is 2.28 bits per heavy atom. The minimum Gasteiger partial charge on any atom is -0.452 e. The Hall–Kier alpha value is -2.92. The van der Waals surface area contributed by atoms with Crippen molar-refractivity contribution >= 4 is 41.0 Å². The Labute approximate surface area is 150 Å². The van der Waals surface area contributed by atoms with E-state index in [1.807, 2.05) is 0 Å². The first-order chi connectivity index (χ1) is 11.9. The molecule has 2 aromatic carbocycles. The van der Waals surface area contributed by atoms with Crippen molar-refractivity contribution in [3.8, 4) is 0 Å². The smallest absolute Gasteiger partial charge is 0.331 e. The fourth-order valence-electron chi connectivity index (χ4n) is 1.91. The van der Waals surface area contributed by atoms with Crippen molar-refractivity contribution in [3.63, 3.8) is 0 Å². The van der Waals surface area contributed by atoms with E-state index in [-0.39, 0.29) is 5.78 Å². The quantitative estimate of drug-likeness (QED) is 0.485. The topological polar surface area (TPSA) is 72.5 Å². The second kappa shape index (κ2) is 8.80. The van der Waals surface area contributed by atoms with Crippen LogP contribution in [-0.4, -0.2) is 24.3 Å². The lowest BCUT2D eigenvalue weighted by Gasteiger charge is -2.06. The molecule has 1 N–H and O–H groups in total. The van der Waals surface area contributed by atoms with Gasteiger partial charge in [-0.25, -0.2) is 4.79 Å². The van der Waals surface area contributed by atoms with Crippen LogP contribution in [0.25, 0.3) is 6.08 Å². The predicted molar refractivity (Wildman–Crippen MR) is 96.5 cm³/mol. The number of amides is 1. The molecule has 0 saturated carbocycles. The summed E-state index contributed by atoms with van der Waals surface area (Å²) >= 11 is 5.77. The second-order valence-electron chi connectivity index (χ2n) is 5.17. The average molecular weight is 358 g/mol.